The van der Waals surface area contributed by atoms with E-state index in [0.29, 0.717) is 11.4 Å². The lowest BCUT2D eigenvalue weighted by molar-refractivity contribution is 0.141. The molecule has 0 aliphatic heterocycles. The van der Waals surface area contributed by atoms with Gasteiger partial charge in [-0.25, -0.2) is 27.2 Å². The number of nitrogens with zero attached hydrogens (tertiary/aromatic N) is 3. The van der Waals surface area contributed by atoms with E-state index in [2.05, 4.69) is 10.1 Å². The smallest absolute Gasteiger partial charge is 0.227 e. The zero-order chi connectivity index (χ0) is 16.8. The summed E-state index contributed by atoms with van der Waals surface area (Å²) in [6.45, 7) is 0. The van der Waals surface area contributed by atoms with Crippen LogP contribution in [0.1, 0.15) is 48.6 Å². The van der Waals surface area contributed by atoms with E-state index in [1.165, 1.54) is 4.68 Å². The van der Waals surface area contributed by atoms with Gasteiger partial charge >= 0.3 is 0 Å². The highest BCUT2D eigenvalue weighted by atomic mass is 19.3. The predicted octanol–water partition coefficient (Wildman–Crippen LogP) is 5.17. The van der Waals surface area contributed by atoms with Crippen LogP contribution in [0, 0.1) is 0 Å². The normalized spacial score (nSPS) is 14.9. The first kappa shape index (κ1) is 15.1. The van der Waals surface area contributed by atoms with Gasteiger partial charge in [0.15, 0.2) is 5.65 Å². The summed E-state index contributed by atoms with van der Waals surface area (Å²) in [5.74, 6) is 0.0918. The van der Waals surface area contributed by atoms with Crippen molar-refractivity contribution < 1.29 is 17.6 Å². The molecule has 0 saturated heterocycles. The fraction of sp³-hybridized carbons (Fsp3) is 0.294. The van der Waals surface area contributed by atoms with Gasteiger partial charge in [0.1, 0.15) is 5.69 Å². The maximum Gasteiger partial charge on any atom is 0.280 e. The van der Waals surface area contributed by atoms with Crippen LogP contribution in [0.2, 0.25) is 0 Å². The van der Waals surface area contributed by atoms with Crippen LogP contribution < -0.4 is 0 Å². The SMILES string of the molecule is FC(F)c1cc(C(F)F)c2c(C3CC3)nn(-c3ccccc3)c2n1. The van der Waals surface area contributed by atoms with Crippen molar-refractivity contribution in [2.45, 2.75) is 31.6 Å². The molecule has 1 fully saturated rings. The minimum absolute atomic E-state index is 0.0659. The van der Waals surface area contributed by atoms with Gasteiger partial charge in [0.2, 0.25) is 0 Å². The van der Waals surface area contributed by atoms with Gasteiger partial charge < -0.3 is 0 Å². The van der Waals surface area contributed by atoms with Gasteiger partial charge in [0.05, 0.1) is 16.8 Å². The molecule has 1 aromatic carbocycles. The Labute approximate surface area is 134 Å². The highest BCUT2D eigenvalue weighted by Gasteiger charge is 2.33. The van der Waals surface area contributed by atoms with Crippen LogP contribution in [-0.2, 0) is 0 Å². The van der Waals surface area contributed by atoms with Crippen LogP contribution in [0.15, 0.2) is 36.4 Å². The van der Waals surface area contributed by atoms with Gasteiger partial charge in [0, 0.05) is 11.5 Å². The number of hydrogen-bond donors (Lipinski definition) is 0. The van der Waals surface area contributed by atoms with E-state index in [1.807, 2.05) is 0 Å². The standard InChI is InChI=1S/C17H13F4N3/c18-15(19)11-8-12(16(20)21)22-17-13(11)14(9-6-7-9)23-24(17)10-4-2-1-3-5-10/h1-5,8-9,15-16H,6-7H2. The maximum atomic E-state index is 13.5. The minimum Gasteiger partial charge on any atom is -0.227 e. The summed E-state index contributed by atoms with van der Waals surface area (Å²) in [6, 6.07) is 9.62. The molecule has 7 heteroatoms. The molecule has 3 nitrogen and oxygen atoms in total. The Morgan fingerprint density at radius 1 is 1.00 bits per heavy atom. The molecule has 0 atom stereocenters. The summed E-state index contributed by atoms with van der Waals surface area (Å²) >= 11 is 0. The van der Waals surface area contributed by atoms with E-state index in [9.17, 15) is 17.6 Å². The molecule has 124 valence electrons. The summed E-state index contributed by atoms with van der Waals surface area (Å²) in [6.07, 6.45) is -4.06. The number of benzene rings is 1. The molecule has 2 heterocycles. The third kappa shape index (κ3) is 2.44. The lowest BCUT2D eigenvalue weighted by Gasteiger charge is -2.08. The van der Waals surface area contributed by atoms with Crippen LogP contribution in [0.4, 0.5) is 17.6 Å². The molecule has 0 spiro atoms. The molecule has 1 saturated carbocycles. The van der Waals surface area contributed by atoms with Gasteiger partial charge in [-0.2, -0.15) is 5.10 Å². The number of fused-ring (bicyclic) bond motifs is 1. The molecule has 1 aliphatic rings. The lowest BCUT2D eigenvalue weighted by atomic mass is 10.1. The molecule has 4 rings (SSSR count). The molecule has 24 heavy (non-hydrogen) atoms. The molecule has 0 N–H and O–H groups in total. The first-order chi connectivity index (χ1) is 11.6. The van der Waals surface area contributed by atoms with Crippen LogP contribution in [0.3, 0.4) is 0 Å². The zero-order valence-electron chi connectivity index (χ0n) is 12.5. The van der Waals surface area contributed by atoms with Gasteiger partial charge in [0.25, 0.3) is 12.9 Å². The van der Waals surface area contributed by atoms with Crippen molar-refractivity contribution in [3.05, 3.63) is 53.3 Å². The highest BCUT2D eigenvalue weighted by molar-refractivity contribution is 5.85. The van der Waals surface area contributed by atoms with E-state index in [-0.39, 0.29) is 17.0 Å². The van der Waals surface area contributed by atoms with E-state index >= 15 is 0 Å². The van der Waals surface area contributed by atoms with Crippen LogP contribution >= 0.6 is 0 Å². The number of rotatable bonds is 4. The molecule has 0 bridgehead atoms. The number of para-hydroxylation sites is 1. The van der Waals surface area contributed by atoms with Crippen molar-refractivity contribution in [3.63, 3.8) is 0 Å². The minimum atomic E-state index is -2.92. The summed E-state index contributed by atoms with van der Waals surface area (Å²) in [7, 11) is 0. The van der Waals surface area contributed by atoms with Crippen molar-refractivity contribution in [2.24, 2.45) is 0 Å². The van der Waals surface area contributed by atoms with Crippen LogP contribution in [0.5, 0.6) is 0 Å². The summed E-state index contributed by atoms with van der Waals surface area (Å²) < 4.78 is 54.6. The largest absolute Gasteiger partial charge is 0.280 e. The lowest BCUT2D eigenvalue weighted by Crippen LogP contribution is -2.01. The number of hydrogen-bond acceptors (Lipinski definition) is 2. The second kappa shape index (κ2) is 5.58. The Morgan fingerprint density at radius 2 is 1.71 bits per heavy atom. The number of pyridine rings is 1. The van der Waals surface area contributed by atoms with Gasteiger partial charge in [-0.3, -0.25) is 0 Å². The van der Waals surface area contributed by atoms with Crippen molar-refractivity contribution in [2.75, 3.05) is 0 Å². The Bertz CT molecular complexity index is 886. The van der Waals surface area contributed by atoms with E-state index in [4.69, 9.17) is 0 Å². The fourth-order valence-corrected chi connectivity index (χ4v) is 2.87. The fourth-order valence-electron chi connectivity index (χ4n) is 2.87. The Hall–Kier alpha value is -2.44. The molecule has 3 aromatic rings. The van der Waals surface area contributed by atoms with Gasteiger partial charge in [-0.05, 0) is 31.0 Å². The van der Waals surface area contributed by atoms with Crippen LogP contribution in [-0.4, -0.2) is 14.8 Å². The second-order valence-corrected chi connectivity index (χ2v) is 5.84. The van der Waals surface area contributed by atoms with Gasteiger partial charge in [-0.1, -0.05) is 18.2 Å². The Morgan fingerprint density at radius 3 is 2.29 bits per heavy atom. The number of halogens is 4. The topological polar surface area (TPSA) is 30.7 Å². The van der Waals surface area contributed by atoms with Gasteiger partial charge in [-0.15, -0.1) is 0 Å². The third-order valence-electron chi connectivity index (χ3n) is 4.14. The average Bonchev–Trinajstić information content (AvgIpc) is 3.35. The third-order valence-corrected chi connectivity index (χ3v) is 4.14. The summed E-state index contributed by atoms with van der Waals surface area (Å²) in [5.41, 5.74) is 0.124. The Balaban J connectivity index is 2.06. The second-order valence-electron chi connectivity index (χ2n) is 5.84. The Kier molecular flexibility index (Phi) is 3.51. The van der Waals surface area contributed by atoms with Crippen molar-refractivity contribution in [1.82, 2.24) is 14.8 Å². The summed E-state index contributed by atoms with van der Waals surface area (Å²) in [4.78, 5) is 3.94. The first-order valence-electron chi connectivity index (χ1n) is 7.61. The monoisotopic (exact) mass is 335 g/mol. The number of alkyl halides is 4. The maximum absolute atomic E-state index is 13.5. The van der Waals surface area contributed by atoms with Crippen molar-refractivity contribution >= 4 is 11.0 Å². The van der Waals surface area contributed by atoms with E-state index in [1.54, 1.807) is 30.3 Å². The summed E-state index contributed by atoms with van der Waals surface area (Å²) in [5, 5.41) is 4.65. The zero-order valence-corrected chi connectivity index (χ0v) is 12.5. The first-order valence-corrected chi connectivity index (χ1v) is 7.61. The molecular weight excluding hydrogens is 322 g/mol. The molecule has 2 aromatic heterocycles. The molecule has 0 radical (unpaired) electrons. The molecule has 0 unspecified atom stereocenters. The van der Waals surface area contributed by atoms with Crippen LogP contribution in [0.25, 0.3) is 16.7 Å². The van der Waals surface area contributed by atoms with Crippen molar-refractivity contribution in [3.8, 4) is 5.69 Å². The highest BCUT2D eigenvalue weighted by Crippen LogP contribution is 2.45. The molecule has 0 amide bonds. The van der Waals surface area contributed by atoms with E-state index in [0.717, 1.165) is 18.9 Å². The predicted molar refractivity (Wildman–Crippen MR) is 80.8 cm³/mol. The molecule has 1 aliphatic carbocycles. The van der Waals surface area contributed by atoms with E-state index < -0.39 is 24.1 Å². The number of aromatic nitrogens is 3. The van der Waals surface area contributed by atoms with Crippen molar-refractivity contribution in [1.29, 1.82) is 0 Å². The quantitative estimate of drug-likeness (QED) is 0.616. The average molecular weight is 335 g/mol. The molecular formula is C17H13F4N3.